The van der Waals surface area contributed by atoms with Crippen LogP contribution in [0.5, 0.6) is 17.2 Å². The molecular weight excluding hydrogens is 510 g/mol. The number of carbonyl (C=O) groups excluding carboxylic acids is 2. The number of esters is 1. The van der Waals surface area contributed by atoms with Crippen LogP contribution in [0, 0.1) is 6.92 Å². The van der Waals surface area contributed by atoms with Crippen molar-refractivity contribution in [1.82, 2.24) is 5.32 Å². The fraction of sp³-hybridized carbons (Fsp3) is 0.344. The number of ether oxygens (including phenoxy) is 3. The zero-order valence-corrected chi connectivity index (χ0v) is 23.3. The van der Waals surface area contributed by atoms with Gasteiger partial charge in [-0.15, -0.1) is 0 Å². The standard InChI is InChI=1S/C32H37NO7/c1-4-5-6-7-8-19-39-26-16-14-25(15-17-26)32(37)40-28-18-11-23(21-29(28)38-3)20-27(31(35)36)33-30(34)24-12-9-22(2)10-13-24/h9-18,21,27H,4-8,19-20H2,1-3H3,(H,33,34)(H,35,36). The number of aliphatic carboxylic acids is 1. The lowest BCUT2D eigenvalue weighted by molar-refractivity contribution is -0.139. The van der Waals surface area contributed by atoms with Crippen LogP contribution in [0.2, 0.25) is 0 Å². The maximum absolute atomic E-state index is 12.7. The number of unbranched alkanes of at least 4 members (excludes halogenated alkanes) is 4. The number of nitrogens with one attached hydrogen (secondary N) is 1. The first-order valence-electron chi connectivity index (χ1n) is 13.5. The van der Waals surface area contributed by atoms with E-state index in [0.717, 1.165) is 18.4 Å². The molecule has 1 atom stereocenters. The van der Waals surface area contributed by atoms with Gasteiger partial charge >= 0.3 is 11.9 Å². The summed E-state index contributed by atoms with van der Waals surface area (Å²) in [5, 5.41) is 12.2. The molecule has 40 heavy (non-hydrogen) atoms. The minimum Gasteiger partial charge on any atom is -0.494 e. The van der Waals surface area contributed by atoms with Gasteiger partial charge in [-0.1, -0.05) is 56.4 Å². The van der Waals surface area contributed by atoms with Crippen LogP contribution in [0.3, 0.4) is 0 Å². The third-order valence-corrected chi connectivity index (χ3v) is 6.39. The molecule has 3 aromatic carbocycles. The first-order valence-corrected chi connectivity index (χ1v) is 13.5. The van der Waals surface area contributed by atoms with Crippen LogP contribution in [-0.2, 0) is 11.2 Å². The van der Waals surface area contributed by atoms with Crippen molar-refractivity contribution in [3.05, 3.63) is 89.0 Å². The molecule has 8 nitrogen and oxygen atoms in total. The molecule has 2 N–H and O–H groups in total. The van der Waals surface area contributed by atoms with Crippen molar-refractivity contribution in [2.75, 3.05) is 13.7 Å². The number of carboxylic acids is 1. The molecule has 212 valence electrons. The number of carbonyl (C=O) groups is 3. The van der Waals surface area contributed by atoms with Gasteiger partial charge in [0.2, 0.25) is 0 Å². The molecule has 0 heterocycles. The smallest absolute Gasteiger partial charge is 0.343 e. The second-order valence-electron chi connectivity index (χ2n) is 9.60. The van der Waals surface area contributed by atoms with Gasteiger partial charge in [0, 0.05) is 12.0 Å². The zero-order chi connectivity index (χ0) is 28.9. The highest BCUT2D eigenvalue weighted by Crippen LogP contribution is 2.29. The third kappa shape index (κ3) is 9.15. The van der Waals surface area contributed by atoms with E-state index in [-0.39, 0.29) is 17.9 Å². The van der Waals surface area contributed by atoms with E-state index in [4.69, 9.17) is 14.2 Å². The fourth-order valence-corrected chi connectivity index (χ4v) is 4.05. The summed E-state index contributed by atoms with van der Waals surface area (Å²) in [4.78, 5) is 37.2. The molecule has 0 bridgehead atoms. The minimum atomic E-state index is -1.17. The van der Waals surface area contributed by atoms with Crippen molar-refractivity contribution in [1.29, 1.82) is 0 Å². The second kappa shape index (κ2) is 15.3. The van der Waals surface area contributed by atoms with Crippen LogP contribution in [0.15, 0.2) is 66.7 Å². The molecule has 0 aliphatic heterocycles. The van der Waals surface area contributed by atoms with Crippen molar-refractivity contribution >= 4 is 17.8 Å². The maximum Gasteiger partial charge on any atom is 0.343 e. The molecule has 1 unspecified atom stereocenters. The monoisotopic (exact) mass is 547 g/mol. The first-order chi connectivity index (χ1) is 19.3. The van der Waals surface area contributed by atoms with Crippen molar-refractivity contribution in [3.63, 3.8) is 0 Å². The van der Waals surface area contributed by atoms with Gasteiger partial charge in [-0.2, -0.15) is 0 Å². The van der Waals surface area contributed by atoms with E-state index in [1.807, 2.05) is 6.92 Å². The number of hydrogen-bond donors (Lipinski definition) is 2. The van der Waals surface area contributed by atoms with E-state index >= 15 is 0 Å². The highest BCUT2D eigenvalue weighted by Gasteiger charge is 2.22. The van der Waals surface area contributed by atoms with Crippen molar-refractivity contribution in [3.8, 4) is 17.2 Å². The number of rotatable bonds is 15. The lowest BCUT2D eigenvalue weighted by Gasteiger charge is -2.16. The molecule has 0 saturated carbocycles. The average molecular weight is 548 g/mol. The SMILES string of the molecule is CCCCCCCOc1ccc(C(=O)Oc2ccc(CC(NC(=O)c3ccc(C)cc3)C(=O)O)cc2OC)cc1. The van der Waals surface area contributed by atoms with E-state index in [1.54, 1.807) is 66.7 Å². The summed E-state index contributed by atoms with van der Waals surface area (Å²) < 4.78 is 16.7. The van der Waals surface area contributed by atoms with Gasteiger partial charge < -0.3 is 24.6 Å². The summed E-state index contributed by atoms with van der Waals surface area (Å²) >= 11 is 0. The van der Waals surface area contributed by atoms with Crippen LogP contribution < -0.4 is 19.5 Å². The molecule has 0 spiro atoms. The number of carboxylic acid groups (broad SMARTS) is 1. The predicted molar refractivity (Wildman–Crippen MR) is 152 cm³/mol. The Morgan fingerprint density at radius 2 is 1.52 bits per heavy atom. The Bertz CT molecular complexity index is 1270. The van der Waals surface area contributed by atoms with Gasteiger partial charge in [0.15, 0.2) is 11.5 Å². The summed E-state index contributed by atoms with van der Waals surface area (Å²) in [5.41, 5.74) is 2.31. The number of hydrogen-bond acceptors (Lipinski definition) is 6. The molecule has 0 aliphatic carbocycles. The topological polar surface area (TPSA) is 111 Å². The molecule has 0 saturated heterocycles. The minimum absolute atomic E-state index is 0.0115. The van der Waals surface area contributed by atoms with Crippen LogP contribution in [-0.4, -0.2) is 42.7 Å². The first kappa shape index (κ1) is 30.2. The lowest BCUT2D eigenvalue weighted by atomic mass is 10.0. The molecule has 3 rings (SSSR count). The highest BCUT2D eigenvalue weighted by molar-refractivity contribution is 5.96. The summed E-state index contributed by atoms with van der Waals surface area (Å²) in [6.07, 6.45) is 5.79. The quantitative estimate of drug-likeness (QED) is 0.136. The van der Waals surface area contributed by atoms with E-state index < -0.39 is 23.9 Å². The normalized spacial score (nSPS) is 11.4. The molecule has 8 heteroatoms. The number of methoxy groups -OCH3 is 1. The molecule has 1 amide bonds. The van der Waals surface area contributed by atoms with Crippen LogP contribution in [0.1, 0.15) is 70.9 Å². The Balaban J connectivity index is 1.59. The Labute approximate surface area is 235 Å². The average Bonchev–Trinajstić information content (AvgIpc) is 2.95. The van der Waals surface area contributed by atoms with Gasteiger partial charge in [0.05, 0.1) is 19.3 Å². The molecule has 0 aliphatic rings. The van der Waals surface area contributed by atoms with Gasteiger partial charge in [0.25, 0.3) is 5.91 Å². The highest BCUT2D eigenvalue weighted by atomic mass is 16.6. The molecule has 3 aromatic rings. The van der Waals surface area contributed by atoms with Crippen molar-refractivity contribution in [2.45, 2.75) is 58.4 Å². The summed E-state index contributed by atoms with van der Waals surface area (Å²) in [7, 11) is 1.43. The third-order valence-electron chi connectivity index (χ3n) is 6.39. The molecule has 0 fully saturated rings. The Kier molecular flexibility index (Phi) is 11.6. The van der Waals surface area contributed by atoms with Gasteiger partial charge in [-0.3, -0.25) is 4.79 Å². The van der Waals surface area contributed by atoms with E-state index in [9.17, 15) is 19.5 Å². The Hall–Kier alpha value is -4.33. The summed E-state index contributed by atoms with van der Waals surface area (Å²) in [6, 6.07) is 17.2. The van der Waals surface area contributed by atoms with Gasteiger partial charge in [-0.25, -0.2) is 9.59 Å². The number of amides is 1. The maximum atomic E-state index is 12.7. The van der Waals surface area contributed by atoms with Crippen molar-refractivity contribution in [2.24, 2.45) is 0 Å². The van der Waals surface area contributed by atoms with Crippen LogP contribution >= 0.6 is 0 Å². The number of benzene rings is 3. The summed E-state index contributed by atoms with van der Waals surface area (Å²) in [6.45, 7) is 4.72. The van der Waals surface area contributed by atoms with E-state index in [2.05, 4.69) is 12.2 Å². The van der Waals surface area contributed by atoms with Gasteiger partial charge in [0.1, 0.15) is 11.8 Å². The second-order valence-corrected chi connectivity index (χ2v) is 9.60. The van der Waals surface area contributed by atoms with Crippen LogP contribution in [0.4, 0.5) is 0 Å². The lowest BCUT2D eigenvalue weighted by Crippen LogP contribution is -2.42. The van der Waals surface area contributed by atoms with E-state index in [0.29, 0.717) is 29.0 Å². The van der Waals surface area contributed by atoms with E-state index in [1.165, 1.54) is 26.4 Å². The fourth-order valence-electron chi connectivity index (χ4n) is 4.05. The summed E-state index contributed by atoms with van der Waals surface area (Å²) in [5.74, 6) is -1.06. The zero-order valence-electron chi connectivity index (χ0n) is 23.3. The predicted octanol–water partition coefficient (Wildman–Crippen LogP) is 6.00. The molecule has 0 radical (unpaired) electrons. The number of aryl methyl sites for hydroxylation is 1. The molecule has 0 aromatic heterocycles. The molecular formula is C32H37NO7. The Morgan fingerprint density at radius 3 is 2.17 bits per heavy atom. The largest absolute Gasteiger partial charge is 0.494 e. The Morgan fingerprint density at radius 1 is 0.850 bits per heavy atom. The van der Waals surface area contributed by atoms with Gasteiger partial charge in [-0.05, 0) is 67.4 Å². The van der Waals surface area contributed by atoms with Crippen molar-refractivity contribution < 1.29 is 33.7 Å². The van der Waals surface area contributed by atoms with Crippen LogP contribution in [0.25, 0.3) is 0 Å².